The first-order valence-corrected chi connectivity index (χ1v) is 7.01. The van der Waals surface area contributed by atoms with Crippen LogP contribution in [0.25, 0.3) is 0 Å². The molecule has 0 saturated carbocycles. The van der Waals surface area contributed by atoms with Gasteiger partial charge in [-0.2, -0.15) is 0 Å². The zero-order chi connectivity index (χ0) is 12.4. The topological polar surface area (TPSA) is 29.1 Å². The summed E-state index contributed by atoms with van der Waals surface area (Å²) in [5.74, 6) is 0.221. The van der Waals surface area contributed by atoms with E-state index in [1.54, 1.807) is 0 Å². The molecule has 4 heteroatoms. The van der Waals surface area contributed by atoms with Crippen LogP contribution < -0.4 is 5.32 Å². The average molecular weight is 265 g/mol. The van der Waals surface area contributed by atoms with Crippen molar-refractivity contribution in [2.24, 2.45) is 0 Å². The summed E-state index contributed by atoms with van der Waals surface area (Å²) in [6.07, 6.45) is 1.04. The molecule has 1 aliphatic heterocycles. The van der Waals surface area contributed by atoms with Crippen LogP contribution >= 0.6 is 24.0 Å². The van der Waals surface area contributed by atoms with E-state index in [0.717, 1.165) is 6.42 Å². The van der Waals surface area contributed by atoms with Crippen molar-refractivity contribution in [3.8, 4) is 0 Å². The van der Waals surface area contributed by atoms with Crippen molar-refractivity contribution in [3.05, 3.63) is 35.4 Å². The SMILES string of the molecule is CCc1ccc(C(C)C2SC(=S)NC2=O)cc1. The number of rotatable bonds is 3. The number of thiocarbonyl (C=S) groups is 1. The van der Waals surface area contributed by atoms with Gasteiger partial charge in [0.1, 0.15) is 4.32 Å². The molecular weight excluding hydrogens is 250 g/mol. The van der Waals surface area contributed by atoms with Crippen LogP contribution in [0.4, 0.5) is 0 Å². The molecule has 17 heavy (non-hydrogen) atoms. The van der Waals surface area contributed by atoms with Crippen LogP contribution in [0.15, 0.2) is 24.3 Å². The molecule has 0 bridgehead atoms. The fourth-order valence-corrected chi connectivity index (χ4v) is 3.26. The van der Waals surface area contributed by atoms with Gasteiger partial charge in [-0.25, -0.2) is 0 Å². The predicted molar refractivity (Wildman–Crippen MR) is 76.4 cm³/mol. The quantitative estimate of drug-likeness (QED) is 0.852. The van der Waals surface area contributed by atoms with E-state index in [4.69, 9.17) is 12.2 Å². The second-order valence-electron chi connectivity index (χ2n) is 4.20. The Morgan fingerprint density at radius 1 is 1.41 bits per heavy atom. The van der Waals surface area contributed by atoms with E-state index in [1.165, 1.54) is 22.9 Å². The monoisotopic (exact) mass is 265 g/mol. The van der Waals surface area contributed by atoms with Crippen LogP contribution in [0.1, 0.15) is 30.9 Å². The molecule has 2 rings (SSSR count). The maximum atomic E-state index is 11.7. The van der Waals surface area contributed by atoms with Gasteiger partial charge in [0.15, 0.2) is 0 Å². The van der Waals surface area contributed by atoms with Gasteiger partial charge in [0, 0.05) is 5.92 Å². The van der Waals surface area contributed by atoms with Crippen LogP contribution in [-0.4, -0.2) is 15.5 Å². The maximum Gasteiger partial charge on any atom is 0.239 e. The lowest BCUT2D eigenvalue weighted by atomic mass is 9.95. The molecule has 2 unspecified atom stereocenters. The Bertz CT molecular complexity index is 441. The van der Waals surface area contributed by atoms with Gasteiger partial charge in [0.25, 0.3) is 0 Å². The van der Waals surface area contributed by atoms with Gasteiger partial charge >= 0.3 is 0 Å². The molecule has 1 aromatic rings. The van der Waals surface area contributed by atoms with Gasteiger partial charge in [0.05, 0.1) is 5.25 Å². The third kappa shape index (κ3) is 2.69. The lowest BCUT2D eigenvalue weighted by molar-refractivity contribution is -0.119. The smallest absolute Gasteiger partial charge is 0.239 e. The first-order valence-electron chi connectivity index (χ1n) is 5.72. The molecule has 1 aliphatic rings. The number of benzene rings is 1. The predicted octanol–water partition coefficient (Wildman–Crippen LogP) is 2.87. The maximum absolute atomic E-state index is 11.7. The normalized spacial score (nSPS) is 21.4. The van der Waals surface area contributed by atoms with E-state index in [2.05, 4.69) is 43.4 Å². The second kappa shape index (κ2) is 5.19. The zero-order valence-corrected chi connectivity index (χ0v) is 11.5. The molecule has 1 saturated heterocycles. The zero-order valence-electron chi connectivity index (χ0n) is 9.90. The summed E-state index contributed by atoms with van der Waals surface area (Å²) in [6.45, 7) is 4.21. The van der Waals surface area contributed by atoms with Gasteiger partial charge in [0.2, 0.25) is 5.91 Å². The summed E-state index contributed by atoms with van der Waals surface area (Å²) < 4.78 is 0.594. The highest BCUT2D eigenvalue weighted by Crippen LogP contribution is 2.32. The molecule has 1 N–H and O–H groups in total. The summed E-state index contributed by atoms with van der Waals surface area (Å²) in [5, 5.41) is 2.61. The lowest BCUT2D eigenvalue weighted by Gasteiger charge is -2.16. The minimum absolute atomic E-state index is 0.0343. The molecule has 0 spiro atoms. The Morgan fingerprint density at radius 3 is 2.53 bits per heavy atom. The van der Waals surface area contributed by atoms with Gasteiger partial charge in [-0.15, -0.1) is 0 Å². The minimum atomic E-state index is -0.0880. The molecule has 1 amide bonds. The van der Waals surface area contributed by atoms with Gasteiger partial charge in [-0.3, -0.25) is 4.79 Å². The third-order valence-corrected chi connectivity index (χ3v) is 4.67. The number of nitrogens with one attached hydrogen (secondary N) is 1. The standard InChI is InChI=1S/C13H15NOS2/c1-3-9-4-6-10(7-5-9)8(2)11-12(15)14-13(16)17-11/h4-8,11H,3H2,1-2H3,(H,14,15,16). The highest BCUT2D eigenvalue weighted by atomic mass is 32.2. The average Bonchev–Trinajstić information content (AvgIpc) is 2.68. The Labute approximate surface area is 111 Å². The molecule has 1 aromatic carbocycles. The molecule has 2 nitrogen and oxygen atoms in total. The van der Waals surface area contributed by atoms with Gasteiger partial charge in [-0.1, -0.05) is 62.1 Å². The fourth-order valence-electron chi connectivity index (χ4n) is 1.93. The Kier molecular flexibility index (Phi) is 3.84. The summed E-state index contributed by atoms with van der Waals surface area (Å²) in [6, 6.07) is 8.47. The number of carbonyl (C=O) groups is 1. The van der Waals surface area contributed by atoms with Crippen LogP contribution in [0.5, 0.6) is 0 Å². The van der Waals surface area contributed by atoms with Crippen molar-refractivity contribution in [2.75, 3.05) is 0 Å². The van der Waals surface area contributed by atoms with Gasteiger partial charge < -0.3 is 5.32 Å². The summed E-state index contributed by atoms with van der Waals surface area (Å²) in [5.41, 5.74) is 2.51. The fraction of sp³-hybridized carbons (Fsp3) is 0.385. The molecule has 0 radical (unpaired) electrons. The van der Waals surface area contributed by atoms with Crippen LogP contribution in [0, 0.1) is 0 Å². The number of amides is 1. The minimum Gasteiger partial charge on any atom is -0.311 e. The van der Waals surface area contributed by atoms with Gasteiger partial charge in [-0.05, 0) is 17.5 Å². The first-order chi connectivity index (χ1) is 8.11. The van der Waals surface area contributed by atoms with E-state index in [-0.39, 0.29) is 17.1 Å². The second-order valence-corrected chi connectivity index (χ2v) is 6.02. The molecule has 90 valence electrons. The number of carbonyl (C=O) groups excluding carboxylic acids is 1. The van der Waals surface area contributed by atoms with E-state index < -0.39 is 0 Å². The van der Waals surface area contributed by atoms with Crippen molar-refractivity contribution >= 4 is 34.2 Å². The van der Waals surface area contributed by atoms with Crippen molar-refractivity contribution in [1.82, 2.24) is 5.32 Å². The van der Waals surface area contributed by atoms with E-state index in [9.17, 15) is 4.79 Å². The summed E-state index contributed by atoms with van der Waals surface area (Å²) in [4.78, 5) is 11.7. The third-order valence-electron chi connectivity index (χ3n) is 3.09. The number of thioether (sulfide) groups is 1. The molecule has 2 atom stereocenters. The highest BCUT2D eigenvalue weighted by Gasteiger charge is 2.34. The van der Waals surface area contributed by atoms with Crippen molar-refractivity contribution in [1.29, 1.82) is 0 Å². The first kappa shape index (κ1) is 12.6. The van der Waals surface area contributed by atoms with Crippen LogP contribution in [0.3, 0.4) is 0 Å². The molecular formula is C13H15NOS2. The molecule has 0 aliphatic carbocycles. The van der Waals surface area contributed by atoms with Crippen molar-refractivity contribution < 1.29 is 4.79 Å². The Morgan fingerprint density at radius 2 is 2.06 bits per heavy atom. The molecule has 1 fully saturated rings. The van der Waals surface area contributed by atoms with Crippen LogP contribution in [0.2, 0.25) is 0 Å². The summed E-state index contributed by atoms with van der Waals surface area (Å²) in [7, 11) is 0. The molecule has 0 aromatic heterocycles. The lowest BCUT2D eigenvalue weighted by Crippen LogP contribution is -2.27. The number of hydrogen-bond acceptors (Lipinski definition) is 3. The summed E-state index contributed by atoms with van der Waals surface area (Å²) >= 11 is 6.47. The highest BCUT2D eigenvalue weighted by molar-refractivity contribution is 8.24. The Hall–Kier alpha value is -0.870. The van der Waals surface area contributed by atoms with Crippen molar-refractivity contribution in [3.63, 3.8) is 0 Å². The number of hydrogen-bond donors (Lipinski definition) is 1. The molecule has 1 heterocycles. The Balaban J connectivity index is 2.16. The van der Waals surface area contributed by atoms with E-state index in [1.807, 2.05) is 0 Å². The van der Waals surface area contributed by atoms with E-state index >= 15 is 0 Å². The van der Waals surface area contributed by atoms with Crippen LogP contribution in [-0.2, 0) is 11.2 Å². The number of aryl methyl sites for hydroxylation is 1. The van der Waals surface area contributed by atoms with E-state index in [0.29, 0.717) is 4.32 Å². The van der Waals surface area contributed by atoms with Crippen molar-refractivity contribution in [2.45, 2.75) is 31.4 Å². The largest absolute Gasteiger partial charge is 0.311 e.